The minimum Gasteiger partial charge on any atom is -0.486 e. The highest BCUT2D eigenvalue weighted by atomic mass is 79.9. The van der Waals surface area contributed by atoms with Gasteiger partial charge in [-0.2, -0.15) is 0 Å². The third kappa shape index (κ3) is 3.38. The number of halogens is 1. The summed E-state index contributed by atoms with van der Waals surface area (Å²) in [5, 5.41) is 9.27. The molecule has 2 unspecified atom stereocenters. The zero-order valence-electron chi connectivity index (χ0n) is 12.5. The Kier molecular flexibility index (Phi) is 4.59. The molecule has 0 radical (unpaired) electrons. The molecule has 22 heavy (non-hydrogen) atoms. The topological polar surface area (TPSA) is 59.0 Å². The maximum Gasteiger partial charge on any atom is 0.307 e. The summed E-state index contributed by atoms with van der Waals surface area (Å²) >= 11 is 3.53. The number of carboxylic acids is 1. The van der Waals surface area contributed by atoms with Gasteiger partial charge < -0.3 is 14.6 Å². The van der Waals surface area contributed by atoms with Crippen LogP contribution >= 0.6 is 15.9 Å². The SMILES string of the molecule is CC1CC(C(=O)O)CN(Cc2cc(Br)c3c(c2)OCCO3)C1. The number of fused-ring (bicyclic) bond motifs is 1. The molecule has 0 spiro atoms. The van der Waals surface area contributed by atoms with Crippen LogP contribution in [0.4, 0.5) is 0 Å². The molecule has 2 aliphatic heterocycles. The van der Waals surface area contributed by atoms with E-state index >= 15 is 0 Å². The molecule has 1 aromatic rings. The van der Waals surface area contributed by atoms with E-state index in [0.29, 0.717) is 25.7 Å². The Labute approximate surface area is 138 Å². The first-order valence-electron chi connectivity index (χ1n) is 7.56. The number of piperidine rings is 1. The Balaban J connectivity index is 1.75. The number of likely N-dealkylation sites (tertiary alicyclic amines) is 1. The fourth-order valence-electron chi connectivity index (χ4n) is 3.28. The Morgan fingerprint density at radius 2 is 2.14 bits per heavy atom. The van der Waals surface area contributed by atoms with Gasteiger partial charge in [-0.05, 0) is 46.0 Å². The fourth-order valence-corrected chi connectivity index (χ4v) is 3.89. The first-order valence-corrected chi connectivity index (χ1v) is 8.35. The van der Waals surface area contributed by atoms with Crippen molar-refractivity contribution in [2.75, 3.05) is 26.3 Å². The molecule has 5 nitrogen and oxygen atoms in total. The third-order valence-electron chi connectivity index (χ3n) is 4.15. The summed E-state index contributed by atoms with van der Waals surface area (Å²) < 4.78 is 12.1. The normalized spacial score (nSPS) is 25.0. The lowest BCUT2D eigenvalue weighted by atomic mass is 9.90. The quantitative estimate of drug-likeness (QED) is 0.887. The lowest BCUT2D eigenvalue weighted by Gasteiger charge is -2.34. The van der Waals surface area contributed by atoms with Gasteiger partial charge in [0.15, 0.2) is 11.5 Å². The molecule has 0 saturated carbocycles. The molecule has 1 fully saturated rings. The summed E-state index contributed by atoms with van der Waals surface area (Å²) in [4.78, 5) is 13.5. The van der Waals surface area contributed by atoms with Crippen molar-refractivity contribution in [1.82, 2.24) is 4.90 Å². The Morgan fingerprint density at radius 1 is 1.36 bits per heavy atom. The summed E-state index contributed by atoms with van der Waals surface area (Å²) in [6, 6.07) is 4.02. The first kappa shape index (κ1) is 15.6. The predicted octanol–water partition coefficient (Wildman–Crippen LogP) is 2.76. The third-order valence-corrected chi connectivity index (χ3v) is 4.74. The predicted molar refractivity (Wildman–Crippen MR) is 85.3 cm³/mol. The highest BCUT2D eigenvalue weighted by molar-refractivity contribution is 9.10. The van der Waals surface area contributed by atoms with Gasteiger partial charge in [0, 0.05) is 19.6 Å². The smallest absolute Gasteiger partial charge is 0.307 e. The fraction of sp³-hybridized carbons (Fsp3) is 0.562. The monoisotopic (exact) mass is 369 g/mol. The lowest BCUT2D eigenvalue weighted by molar-refractivity contribution is -0.144. The van der Waals surface area contributed by atoms with Crippen LogP contribution in [-0.4, -0.2) is 42.3 Å². The van der Waals surface area contributed by atoms with Gasteiger partial charge >= 0.3 is 5.97 Å². The minimum absolute atomic E-state index is 0.274. The summed E-state index contributed by atoms with van der Waals surface area (Å²) in [5.74, 6) is 0.945. The summed E-state index contributed by atoms with van der Waals surface area (Å²) in [6.45, 7) is 5.49. The van der Waals surface area contributed by atoms with Gasteiger partial charge in [0.2, 0.25) is 0 Å². The number of nitrogens with zero attached hydrogens (tertiary/aromatic N) is 1. The number of rotatable bonds is 3. The van der Waals surface area contributed by atoms with E-state index in [1.807, 2.05) is 12.1 Å². The number of aliphatic carboxylic acids is 1. The molecule has 0 bridgehead atoms. The molecule has 0 aliphatic carbocycles. The van der Waals surface area contributed by atoms with Crippen LogP contribution in [0.25, 0.3) is 0 Å². The van der Waals surface area contributed by atoms with Crippen molar-refractivity contribution in [3.8, 4) is 11.5 Å². The summed E-state index contributed by atoms with van der Waals surface area (Å²) in [5.41, 5.74) is 1.11. The second kappa shape index (κ2) is 6.46. The molecule has 1 saturated heterocycles. The molecule has 2 aliphatic rings. The van der Waals surface area contributed by atoms with E-state index in [9.17, 15) is 9.90 Å². The molecule has 1 N–H and O–H groups in total. The van der Waals surface area contributed by atoms with E-state index in [4.69, 9.17) is 9.47 Å². The number of carbonyl (C=O) groups is 1. The van der Waals surface area contributed by atoms with Crippen LogP contribution in [0.15, 0.2) is 16.6 Å². The van der Waals surface area contributed by atoms with Crippen LogP contribution in [0.2, 0.25) is 0 Å². The molecule has 2 atom stereocenters. The molecule has 0 amide bonds. The number of hydrogen-bond acceptors (Lipinski definition) is 4. The van der Waals surface area contributed by atoms with Crippen LogP contribution in [0.5, 0.6) is 11.5 Å². The maximum atomic E-state index is 11.3. The second-order valence-electron chi connectivity index (χ2n) is 6.17. The Bertz CT molecular complexity index is 578. The molecule has 120 valence electrons. The summed E-state index contributed by atoms with van der Waals surface area (Å²) in [6.07, 6.45) is 0.761. The van der Waals surface area contributed by atoms with Crippen molar-refractivity contribution in [3.05, 3.63) is 22.2 Å². The van der Waals surface area contributed by atoms with Gasteiger partial charge in [0.1, 0.15) is 13.2 Å². The van der Waals surface area contributed by atoms with E-state index < -0.39 is 5.97 Å². The van der Waals surface area contributed by atoms with Gasteiger partial charge in [-0.1, -0.05) is 6.92 Å². The second-order valence-corrected chi connectivity index (χ2v) is 7.03. The standard InChI is InChI=1S/C16H20BrNO4/c1-10-4-12(16(19)20)9-18(7-10)8-11-5-13(17)15-14(6-11)21-2-3-22-15/h5-6,10,12H,2-4,7-9H2,1H3,(H,19,20). The van der Waals surface area contributed by atoms with E-state index in [-0.39, 0.29) is 5.92 Å². The minimum atomic E-state index is -0.695. The van der Waals surface area contributed by atoms with Crippen LogP contribution in [0, 0.1) is 11.8 Å². The van der Waals surface area contributed by atoms with Gasteiger partial charge in [0.25, 0.3) is 0 Å². The average molecular weight is 370 g/mol. The van der Waals surface area contributed by atoms with Crippen molar-refractivity contribution in [1.29, 1.82) is 0 Å². The molecule has 1 aromatic carbocycles. The van der Waals surface area contributed by atoms with E-state index in [2.05, 4.69) is 27.8 Å². The number of carboxylic acid groups (broad SMARTS) is 1. The van der Waals surface area contributed by atoms with Crippen molar-refractivity contribution in [2.45, 2.75) is 19.9 Å². The van der Waals surface area contributed by atoms with E-state index in [1.165, 1.54) is 0 Å². The number of hydrogen-bond donors (Lipinski definition) is 1. The van der Waals surface area contributed by atoms with Crippen molar-refractivity contribution in [2.24, 2.45) is 11.8 Å². The van der Waals surface area contributed by atoms with Crippen LogP contribution < -0.4 is 9.47 Å². The molecular weight excluding hydrogens is 350 g/mol. The van der Waals surface area contributed by atoms with E-state index in [0.717, 1.165) is 41.0 Å². The molecular formula is C16H20BrNO4. The number of benzene rings is 1. The van der Waals surface area contributed by atoms with Crippen LogP contribution in [0.1, 0.15) is 18.9 Å². The zero-order chi connectivity index (χ0) is 15.7. The highest BCUT2D eigenvalue weighted by Gasteiger charge is 2.29. The largest absolute Gasteiger partial charge is 0.486 e. The van der Waals surface area contributed by atoms with Gasteiger partial charge in [-0.25, -0.2) is 0 Å². The molecule has 6 heteroatoms. The maximum absolute atomic E-state index is 11.3. The molecule has 2 heterocycles. The highest BCUT2D eigenvalue weighted by Crippen LogP contribution is 2.39. The zero-order valence-corrected chi connectivity index (χ0v) is 14.1. The van der Waals surface area contributed by atoms with Crippen molar-refractivity contribution < 1.29 is 19.4 Å². The Morgan fingerprint density at radius 3 is 2.91 bits per heavy atom. The Hall–Kier alpha value is -1.27. The van der Waals surface area contributed by atoms with Crippen molar-refractivity contribution >= 4 is 21.9 Å². The lowest BCUT2D eigenvalue weighted by Crippen LogP contribution is -2.41. The number of ether oxygens (including phenoxy) is 2. The van der Waals surface area contributed by atoms with Crippen LogP contribution in [0.3, 0.4) is 0 Å². The van der Waals surface area contributed by atoms with E-state index in [1.54, 1.807) is 0 Å². The average Bonchev–Trinajstić information content (AvgIpc) is 2.46. The van der Waals surface area contributed by atoms with Gasteiger partial charge in [0.05, 0.1) is 10.4 Å². The summed E-state index contributed by atoms with van der Waals surface area (Å²) in [7, 11) is 0. The van der Waals surface area contributed by atoms with Gasteiger partial charge in [-0.15, -0.1) is 0 Å². The first-order chi connectivity index (χ1) is 10.5. The van der Waals surface area contributed by atoms with Crippen molar-refractivity contribution in [3.63, 3.8) is 0 Å². The van der Waals surface area contributed by atoms with Gasteiger partial charge in [-0.3, -0.25) is 9.69 Å². The molecule has 3 rings (SSSR count). The molecule has 0 aromatic heterocycles. The van der Waals surface area contributed by atoms with Crippen LogP contribution in [-0.2, 0) is 11.3 Å².